The predicted octanol–water partition coefficient (Wildman–Crippen LogP) is 1.52. The quantitative estimate of drug-likeness (QED) is 0.646. The summed E-state index contributed by atoms with van der Waals surface area (Å²) in [6.07, 6.45) is 3.68. The van der Waals surface area contributed by atoms with Gasteiger partial charge in [0.15, 0.2) is 0 Å². The van der Waals surface area contributed by atoms with Crippen LogP contribution in [0.25, 0.3) is 0 Å². The lowest BCUT2D eigenvalue weighted by Crippen LogP contribution is -2.03. The second-order valence-corrected chi connectivity index (χ2v) is 3.19. The molecule has 0 rings (SSSR count). The Hall–Kier alpha value is -0.410. The van der Waals surface area contributed by atoms with Gasteiger partial charge in [0.2, 0.25) is 0 Å². The van der Waals surface area contributed by atoms with Gasteiger partial charge in [-0.05, 0) is 20.3 Å². The predicted molar refractivity (Wildman–Crippen MR) is 53.6 cm³/mol. The van der Waals surface area contributed by atoms with E-state index in [9.17, 15) is 4.79 Å². The summed E-state index contributed by atoms with van der Waals surface area (Å²) < 4.78 is 0. The summed E-state index contributed by atoms with van der Waals surface area (Å²) in [5.41, 5.74) is 0. The second-order valence-electron chi connectivity index (χ2n) is 3.19. The summed E-state index contributed by atoms with van der Waals surface area (Å²) >= 11 is 0. The zero-order chi connectivity index (χ0) is 10.7. The molecule has 0 aromatic rings. The van der Waals surface area contributed by atoms with Crippen molar-refractivity contribution in [1.82, 2.24) is 0 Å². The number of aliphatic hydroxyl groups excluding tert-OH is 2. The third-order valence-electron chi connectivity index (χ3n) is 1.40. The maximum absolute atomic E-state index is 10.3. The average molecular weight is 190 g/mol. The first-order chi connectivity index (χ1) is 6.04. The number of rotatable bonds is 5. The van der Waals surface area contributed by atoms with Crippen LogP contribution in [0.2, 0.25) is 0 Å². The van der Waals surface area contributed by atoms with Crippen molar-refractivity contribution in [2.45, 2.75) is 52.6 Å². The minimum absolute atomic E-state index is 0.139. The maximum atomic E-state index is 10.3. The van der Waals surface area contributed by atoms with Crippen molar-refractivity contribution in [2.24, 2.45) is 0 Å². The van der Waals surface area contributed by atoms with E-state index in [4.69, 9.17) is 10.2 Å². The highest BCUT2D eigenvalue weighted by Gasteiger charge is 1.89. The fourth-order valence-electron chi connectivity index (χ4n) is 0.624. The van der Waals surface area contributed by atoms with Crippen molar-refractivity contribution >= 4 is 5.78 Å². The van der Waals surface area contributed by atoms with Crippen LogP contribution in [-0.2, 0) is 4.79 Å². The van der Waals surface area contributed by atoms with Crippen LogP contribution < -0.4 is 0 Å². The molecule has 0 aromatic carbocycles. The minimum atomic E-state index is -0.560. The van der Waals surface area contributed by atoms with Crippen molar-refractivity contribution in [3.63, 3.8) is 0 Å². The largest absolute Gasteiger partial charge is 0.394 e. The first-order valence-corrected chi connectivity index (χ1v) is 4.82. The van der Waals surface area contributed by atoms with Crippen LogP contribution in [0.4, 0.5) is 0 Å². The Balaban J connectivity index is 0. The number of carbonyl (C=O) groups excluding carboxylic acids is 1. The second kappa shape index (κ2) is 11.6. The molecule has 2 N–H and O–H groups in total. The van der Waals surface area contributed by atoms with Crippen LogP contribution in [-0.4, -0.2) is 28.7 Å². The summed E-state index contributed by atoms with van der Waals surface area (Å²) in [7, 11) is 0. The van der Waals surface area contributed by atoms with Gasteiger partial charge in [-0.15, -0.1) is 0 Å². The average Bonchev–Trinajstić information content (AvgIpc) is 2.05. The van der Waals surface area contributed by atoms with Gasteiger partial charge in [-0.1, -0.05) is 19.8 Å². The van der Waals surface area contributed by atoms with Crippen molar-refractivity contribution in [2.75, 3.05) is 6.61 Å². The maximum Gasteiger partial charge on any atom is 0.129 e. The number of hydrogen-bond acceptors (Lipinski definition) is 3. The number of unbranched alkanes of at least 4 members (excludes halogenated alkanes) is 2. The van der Waals surface area contributed by atoms with E-state index in [2.05, 4.69) is 6.92 Å². The highest BCUT2D eigenvalue weighted by molar-refractivity contribution is 5.75. The monoisotopic (exact) mass is 190 g/mol. The van der Waals surface area contributed by atoms with E-state index in [1.165, 1.54) is 19.8 Å². The van der Waals surface area contributed by atoms with Crippen LogP contribution in [0, 0.1) is 0 Å². The molecule has 3 heteroatoms. The number of carbonyl (C=O) groups is 1. The van der Waals surface area contributed by atoms with Gasteiger partial charge < -0.3 is 15.0 Å². The molecule has 0 aliphatic heterocycles. The molecule has 1 atom stereocenters. The molecule has 0 bridgehead atoms. The molecule has 0 aromatic heterocycles. The molecule has 0 aliphatic carbocycles. The van der Waals surface area contributed by atoms with Gasteiger partial charge in [-0.2, -0.15) is 0 Å². The standard InChI is InChI=1S/C7H14O.C3H8O2/c1-3-4-5-6-7(2)8;1-3(5)2-4/h3-6H2,1-2H3;3-5H,2H2,1H3. The number of Topliss-reactive ketones (excluding diaryl/α,β-unsaturated/α-hetero) is 1. The van der Waals surface area contributed by atoms with E-state index in [-0.39, 0.29) is 6.61 Å². The van der Waals surface area contributed by atoms with Crippen molar-refractivity contribution in [1.29, 1.82) is 0 Å². The zero-order valence-electron chi connectivity index (χ0n) is 8.92. The highest BCUT2D eigenvalue weighted by Crippen LogP contribution is 1.98. The van der Waals surface area contributed by atoms with Gasteiger partial charge in [-0.25, -0.2) is 0 Å². The summed E-state index contributed by atoms with van der Waals surface area (Å²) in [6.45, 7) is 5.18. The molecule has 13 heavy (non-hydrogen) atoms. The summed E-state index contributed by atoms with van der Waals surface area (Å²) in [6, 6.07) is 0. The Morgan fingerprint density at radius 3 is 2.08 bits per heavy atom. The van der Waals surface area contributed by atoms with Crippen molar-refractivity contribution in [3.8, 4) is 0 Å². The number of hydrogen-bond donors (Lipinski definition) is 2. The van der Waals surface area contributed by atoms with Crippen LogP contribution in [0.5, 0.6) is 0 Å². The molecule has 0 heterocycles. The third kappa shape index (κ3) is 24.5. The first-order valence-electron chi connectivity index (χ1n) is 4.82. The zero-order valence-corrected chi connectivity index (χ0v) is 8.92. The third-order valence-corrected chi connectivity index (χ3v) is 1.40. The smallest absolute Gasteiger partial charge is 0.129 e. The van der Waals surface area contributed by atoms with E-state index >= 15 is 0 Å². The lowest BCUT2D eigenvalue weighted by Gasteiger charge is -1.90. The Kier molecular flexibility index (Phi) is 13.4. The van der Waals surface area contributed by atoms with Crippen LogP contribution in [0.15, 0.2) is 0 Å². The SMILES string of the molecule is CC(O)CO.CCCCCC(C)=O. The van der Waals surface area contributed by atoms with E-state index < -0.39 is 6.10 Å². The lowest BCUT2D eigenvalue weighted by atomic mass is 10.2. The Morgan fingerprint density at radius 1 is 1.38 bits per heavy atom. The molecule has 0 spiro atoms. The molecule has 0 saturated heterocycles. The van der Waals surface area contributed by atoms with Gasteiger partial charge in [0.25, 0.3) is 0 Å². The Morgan fingerprint density at radius 2 is 1.85 bits per heavy atom. The topological polar surface area (TPSA) is 57.5 Å². The molecule has 80 valence electrons. The first kappa shape index (κ1) is 15.1. The van der Waals surface area contributed by atoms with E-state index in [0.29, 0.717) is 5.78 Å². The van der Waals surface area contributed by atoms with Gasteiger partial charge in [-0.3, -0.25) is 0 Å². The Bertz CT molecular complexity index is 111. The molecule has 0 aliphatic rings. The van der Waals surface area contributed by atoms with E-state index in [1.54, 1.807) is 6.92 Å². The van der Waals surface area contributed by atoms with Gasteiger partial charge >= 0.3 is 0 Å². The molecule has 0 saturated carbocycles. The molecule has 0 amide bonds. The summed E-state index contributed by atoms with van der Waals surface area (Å²) in [5.74, 6) is 0.318. The lowest BCUT2D eigenvalue weighted by molar-refractivity contribution is -0.117. The van der Waals surface area contributed by atoms with E-state index in [0.717, 1.165) is 12.8 Å². The fourth-order valence-corrected chi connectivity index (χ4v) is 0.624. The molecule has 0 fully saturated rings. The number of aliphatic hydroxyl groups is 2. The molecule has 0 radical (unpaired) electrons. The Labute approximate surface area is 80.8 Å². The normalized spacial score (nSPS) is 11.5. The van der Waals surface area contributed by atoms with Crippen molar-refractivity contribution in [3.05, 3.63) is 0 Å². The number of ketones is 1. The summed E-state index contributed by atoms with van der Waals surface area (Å²) in [4.78, 5) is 10.3. The molecular formula is C10H22O3. The fraction of sp³-hybridized carbons (Fsp3) is 0.900. The van der Waals surface area contributed by atoms with Gasteiger partial charge in [0.1, 0.15) is 5.78 Å². The van der Waals surface area contributed by atoms with E-state index in [1.807, 2.05) is 0 Å². The van der Waals surface area contributed by atoms with Gasteiger partial charge in [0.05, 0.1) is 12.7 Å². The summed E-state index contributed by atoms with van der Waals surface area (Å²) in [5, 5.41) is 16.0. The highest BCUT2D eigenvalue weighted by atomic mass is 16.3. The van der Waals surface area contributed by atoms with Crippen LogP contribution in [0.1, 0.15) is 46.5 Å². The van der Waals surface area contributed by atoms with Gasteiger partial charge in [0, 0.05) is 6.42 Å². The van der Waals surface area contributed by atoms with Crippen molar-refractivity contribution < 1.29 is 15.0 Å². The van der Waals surface area contributed by atoms with Crippen LogP contribution in [0.3, 0.4) is 0 Å². The van der Waals surface area contributed by atoms with Crippen LogP contribution >= 0.6 is 0 Å². The molecule has 3 nitrogen and oxygen atoms in total. The molecular weight excluding hydrogens is 168 g/mol. The molecule has 1 unspecified atom stereocenters. The minimum Gasteiger partial charge on any atom is -0.394 e.